The van der Waals surface area contributed by atoms with Crippen molar-refractivity contribution in [3.8, 4) is 0 Å². The second-order valence-electron chi connectivity index (χ2n) is 6.62. The van der Waals surface area contributed by atoms with Crippen molar-refractivity contribution in [2.24, 2.45) is 0 Å². The Balaban J connectivity index is 1.59. The Morgan fingerprint density at radius 1 is 1.10 bits per heavy atom. The number of carbonyl (C=O) groups excluding carboxylic acids is 3. The van der Waals surface area contributed by atoms with Crippen molar-refractivity contribution < 1.29 is 14.4 Å². The van der Waals surface area contributed by atoms with E-state index < -0.39 is 0 Å². The number of imide groups is 1. The van der Waals surface area contributed by atoms with Crippen LogP contribution in [0, 0.1) is 0 Å². The number of rotatable bonds is 6. The van der Waals surface area contributed by atoms with Crippen LogP contribution in [0.15, 0.2) is 57.9 Å². The minimum Gasteiger partial charge on any atom is -0.378 e. The highest BCUT2D eigenvalue weighted by molar-refractivity contribution is 9.10. The molecule has 29 heavy (non-hydrogen) atoms. The first kappa shape index (κ1) is 21.1. The largest absolute Gasteiger partial charge is 0.378 e. The van der Waals surface area contributed by atoms with E-state index >= 15 is 0 Å². The van der Waals surface area contributed by atoms with Crippen LogP contribution in [0.2, 0.25) is 0 Å². The van der Waals surface area contributed by atoms with Gasteiger partial charge in [-0.15, -0.1) is 0 Å². The van der Waals surface area contributed by atoms with E-state index in [1.165, 1.54) is 0 Å². The maximum atomic E-state index is 12.6. The Morgan fingerprint density at radius 2 is 1.76 bits per heavy atom. The highest BCUT2D eigenvalue weighted by atomic mass is 79.9. The van der Waals surface area contributed by atoms with E-state index in [1.807, 2.05) is 55.4 Å². The van der Waals surface area contributed by atoms with E-state index in [1.54, 1.807) is 18.2 Å². The van der Waals surface area contributed by atoms with Gasteiger partial charge < -0.3 is 10.2 Å². The third kappa shape index (κ3) is 5.48. The Hall–Kier alpha value is -2.58. The first-order chi connectivity index (χ1) is 13.8. The smallest absolute Gasteiger partial charge is 0.293 e. The molecule has 1 saturated heterocycles. The molecule has 8 heteroatoms. The number of benzene rings is 2. The van der Waals surface area contributed by atoms with Gasteiger partial charge in [0.25, 0.3) is 11.1 Å². The van der Waals surface area contributed by atoms with Gasteiger partial charge in [-0.05, 0) is 59.8 Å². The molecule has 1 aliphatic rings. The number of carbonyl (C=O) groups is 3. The monoisotopic (exact) mass is 473 g/mol. The van der Waals surface area contributed by atoms with Gasteiger partial charge in [0, 0.05) is 42.9 Å². The molecule has 2 aromatic rings. The molecule has 0 bridgehead atoms. The average Bonchev–Trinajstić information content (AvgIpc) is 2.95. The summed E-state index contributed by atoms with van der Waals surface area (Å²) in [6.07, 6.45) is 1.74. The van der Waals surface area contributed by atoms with Gasteiger partial charge in [-0.3, -0.25) is 19.3 Å². The summed E-state index contributed by atoms with van der Waals surface area (Å²) < 4.78 is 0.913. The number of thioether (sulfide) groups is 1. The summed E-state index contributed by atoms with van der Waals surface area (Å²) >= 11 is 4.23. The summed E-state index contributed by atoms with van der Waals surface area (Å²) in [5.74, 6) is -0.622. The highest BCUT2D eigenvalue weighted by Crippen LogP contribution is 2.32. The normalized spacial score (nSPS) is 15.1. The predicted octanol–water partition coefficient (Wildman–Crippen LogP) is 4.58. The standard InChI is InChI=1S/C21H20BrN3O3S/c1-24(2)17-9-3-14(4-10-17)13-18-20(27)25(21(28)29-18)12-11-19(26)23-16-7-5-15(22)6-8-16/h3-10,13H,11-12H2,1-2H3,(H,23,26)/b18-13-. The Labute approximate surface area is 182 Å². The average molecular weight is 474 g/mol. The predicted molar refractivity (Wildman–Crippen MR) is 121 cm³/mol. The zero-order valence-electron chi connectivity index (χ0n) is 16.0. The molecule has 0 aliphatic carbocycles. The molecule has 0 spiro atoms. The minimum atomic E-state index is -0.367. The maximum absolute atomic E-state index is 12.6. The molecule has 150 valence electrons. The van der Waals surface area contributed by atoms with E-state index in [0.717, 1.165) is 32.4 Å². The highest BCUT2D eigenvalue weighted by Gasteiger charge is 2.35. The summed E-state index contributed by atoms with van der Waals surface area (Å²) in [6, 6.07) is 14.9. The fourth-order valence-electron chi connectivity index (χ4n) is 2.68. The number of halogens is 1. The van der Waals surface area contributed by atoms with Crippen molar-refractivity contribution >= 4 is 62.2 Å². The number of anilines is 2. The van der Waals surface area contributed by atoms with Gasteiger partial charge in [0.1, 0.15) is 0 Å². The molecule has 0 aromatic heterocycles. The lowest BCUT2D eigenvalue weighted by Crippen LogP contribution is -2.31. The van der Waals surface area contributed by atoms with Gasteiger partial charge in [-0.1, -0.05) is 28.1 Å². The first-order valence-corrected chi connectivity index (χ1v) is 10.5. The number of nitrogens with one attached hydrogen (secondary N) is 1. The molecule has 1 aliphatic heterocycles. The quantitative estimate of drug-likeness (QED) is 0.621. The summed E-state index contributed by atoms with van der Waals surface area (Å²) in [5, 5.41) is 2.40. The van der Waals surface area contributed by atoms with Crippen molar-refractivity contribution in [3.05, 3.63) is 63.5 Å². The van der Waals surface area contributed by atoms with Crippen LogP contribution in [0.5, 0.6) is 0 Å². The second-order valence-corrected chi connectivity index (χ2v) is 8.53. The zero-order valence-corrected chi connectivity index (χ0v) is 18.4. The van der Waals surface area contributed by atoms with Gasteiger partial charge in [-0.25, -0.2) is 0 Å². The Kier molecular flexibility index (Phi) is 6.76. The maximum Gasteiger partial charge on any atom is 0.293 e. The van der Waals surface area contributed by atoms with Gasteiger partial charge in [-0.2, -0.15) is 0 Å². The number of amides is 3. The van der Waals surface area contributed by atoms with E-state index in [4.69, 9.17) is 0 Å². The molecular weight excluding hydrogens is 454 g/mol. The van der Waals surface area contributed by atoms with Gasteiger partial charge in [0.05, 0.1) is 4.91 Å². The van der Waals surface area contributed by atoms with E-state index in [9.17, 15) is 14.4 Å². The molecule has 1 fully saturated rings. The SMILES string of the molecule is CN(C)c1ccc(/C=C2\SC(=O)N(CCC(=O)Nc3ccc(Br)cc3)C2=O)cc1. The van der Waals surface area contributed by atoms with Crippen molar-refractivity contribution in [2.75, 3.05) is 30.9 Å². The number of hydrogen-bond acceptors (Lipinski definition) is 5. The number of nitrogens with zero attached hydrogens (tertiary/aromatic N) is 2. The van der Waals surface area contributed by atoms with Crippen LogP contribution in [0.3, 0.4) is 0 Å². The van der Waals surface area contributed by atoms with Crippen molar-refractivity contribution in [1.29, 1.82) is 0 Å². The second kappa shape index (κ2) is 9.28. The lowest BCUT2D eigenvalue weighted by Gasteiger charge is -2.12. The Morgan fingerprint density at radius 3 is 2.38 bits per heavy atom. The van der Waals surface area contributed by atoms with Crippen LogP contribution in [0.1, 0.15) is 12.0 Å². The van der Waals surface area contributed by atoms with Crippen LogP contribution in [0.4, 0.5) is 16.2 Å². The van der Waals surface area contributed by atoms with E-state index in [0.29, 0.717) is 10.6 Å². The van der Waals surface area contributed by atoms with Crippen LogP contribution in [0.25, 0.3) is 6.08 Å². The molecule has 0 atom stereocenters. The topological polar surface area (TPSA) is 69.7 Å². The summed E-state index contributed by atoms with van der Waals surface area (Å²) in [7, 11) is 3.90. The first-order valence-electron chi connectivity index (χ1n) is 8.91. The zero-order chi connectivity index (χ0) is 21.0. The molecule has 3 amide bonds. The third-order valence-electron chi connectivity index (χ3n) is 4.27. The van der Waals surface area contributed by atoms with Crippen molar-refractivity contribution in [3.63, 3.8) is 0 Å². The molecule has 6 nitrogen and oxygen atoms in total. The van der Waals surface area contributed by atoms with Gasteiger partial charge in [0.15, 0.2) is 0 Å². The molecule has 1 N–H and O–H groups in total. The van der Waals surface area contributed by atoms with Crippen molar-refractivity contribution in [2.45, 2.75) is 6.42 Å². The van der Waals surface area contributed by atoms with Crippen LogP contribution in [-0.2, 0) is 9.59 Å². The molecule has 2 aromatic carbocycles. The molecular formula is C21H20BrN3O3S. The van der Waals surface area contributed by atoms with Gasteiger partial charge in [0.2, 0.25) is 5.91 Å². The summed E-state index contributed by atoms with van der Waals surface area (Å²) in [5.41, 5.74) is 2.55. The molecule has 0 radical (unpaired) electrons. The molecule has 3 rings (SSSR count). The minimum absolute atomic E-state index is 0.0406. The van der Waals surface area contributed by atoms with Crippen molar-refractivity contribution in [1.82, 2.24) is 4.90 Å². The van der Waals surface area contributed by atoms with E-state index in [2.05, 4.69) is 21.2 Å². The lowest BCUT2D eigenvalue weighted by molar-refractivity contribution is -0.123. The van der Waals surface area contributed by atoms with Crippen LogP contribution in [-0.4, -0.2) is 42.6 Å². The van der Waals surface area contributed by atoms with Crippen LogP contribution < -0.4 is 10.2 Å². The van der Waals surface area contributed by atoms with Crippen LogP contribution >= 0.6 is 27.7 Å². The summed E-state index contributed by atoms with van der Waals surface area (Å²) in [4.78, 5) is 40.4. The molecule has 0 saturated carbocycles. The fourth-order valence-corrected chi connectivity index (χ4v) is 3.81. The van der Waals surface area contributed by atoms with Gasteiger partial charge >= 0.3 is 0 Å². The Bertz CT molecular complexity index is 956. The van der Waals surface area contributed by atoms with E-state index in [-0.39, 0.29) is 30.0 Å². The fraction of sp³-hybridized carbons (Fsp3) is 0.190. The number of hydrogen-bond donors (Lipinski definition) is 1. The lowest BCUT2D eigenvalue weighted by atomic mass is 10.2. The molecule has 1 heterocycles. The summed E-state index contributed by atoms with van der Waals surface area (Å²) in [6.45, 7) is 0.0456. The molecule has 0 unspecified atom stereocenters. The third-order valence-corrected chi connectivity index (χ3v) is 5.71.